The Hall–Kier alpha value is -1.60. The fraction of sp³-hybridized carbons (Fsp3) is 0.417. The van der Waals surface area contributed by atoms with Gasteiger partial charge in [0.05, 0.1) is 12.2 Å². The molecule has 0 fully saturated rings. The maximum Gasteiger partial charge on any atom is 0.243 e. The maximum atomic E-state index is 12.1. The minimum Gasteiger partial charge on any atom is -0.384 e. The van der Waals surface area contributed by atoms with E-state index in [1.54, 1.807) is 25.1 Å². The molecule has 0 aliphatic heterocycles. The number of sulfonamides is 1. The van der Waals surface area contributed by atoms with E-state index in [1.165, 1.54) is 6.07 Å². The van der Waals surface area contributed by atoms with Gasteiger partial charge in [0, 0.05) is 13.1 Å². The molecule has 7 heteroatoms. The van der Waals surface area contributed by atoms with Gasteiger partial charge in [-0.3, -0.25) is 4.79 Å². The standard InChI is InChI=1S/C12H19N3O3S/c1-3-13-10-7-5-6-8-11(10)19(17,18)15-9-12(16)14-4-2/h5-8,13,15H,3-4,9H2,1-2H3,(H,14,16). The molecule has 6 nitrogen and oxygen atoms in total. The molecule has 0 heterocycles. The van der Waals surface area contributed by atoms with E-state index in [2.05, 4.69) is 15.4 Å². The molecule has 19 heavy (non-hydrogen) atoms. The Morgan fingerprint density at radius 1 is 1.16 bits per heavy atom. The molecular weight excluding hydrogens is 266 g/mol. The average molecular weight is 285 g/mol. The molecule has 0 aromatic heterocycles. The molecule has 0 unspecified atom stereocenters. The molecule has 1 rings (SSSR count). The van der Waals surface area contributed by atoms with Gasteiger partial charge in [-0.2, -0.15) is 0 Å². The van der Waals surface area contributed by atoms with Crippen molar-refractivity contribution in [2.75, 3.05) is 25.0 Å². The zero-order valence-corrected chi connectivity index (χ0v) is 11.9. The van der Waals surface area contributed by atoms with E-state index in [1.807, 2.05) is 6.92 Å². The lowest BCUT2D eigenvalue weighted by Gasteiger charge is -2.12. The number of carbonyl (C=O) groups is 1. The summed E-state index contributed by atoms with van der Waals surface area (Å²) in [6, 6.07) is 6.57. The highest BCUT2D eigenvalue weighted by molar-refractivity contribution is 7.89. The number of hydrogen-bond donors (Lipinski definition) is 3. The van der Waals surface area contributed by atoms with Crippen LogP contribution in [0.5, 0.6) is 0 Å². The normalized spacial score (nSPS) is 11.1. The SMILES string of the molecule is CCNC(=O)CNS(=O)(=O)c1ccccc1NCC. The van der Waals surface area contributed by atoms with Crippen LogP contribution in [0.25, 0.3) is 0 Å². The van der Waals surface area contributed by atoms with E-state index < -0.39 is 10.0 Å². The number of nitrogens with one attached hydrogen (secondary N) is 3. The summed E-state index contributed by atoms with van der Waals surface area (Å²) in [5.41, 5.74) is 0.522. The van der Waals surface area contributed by atoms with Crippen molar-refractivity contribution in [3.63, 3.8) is 0 Å². The topological polar surface area (TPSA) is 87.3 Å². The molecule has 0 saturated heterocycles. The Bertz CT molecular complexity index is 529. The van der Waals surface area contributed by atoms with Crippen LogP contribution in [0.4, 0.5) is 5.69 Å². The zero-order chi connectivity index (χ0) is 14.3. The molecule has 1 aromatic rings. The lowest BCUT2D eigenvalue weighted by molar-refractivity contribution is -0.119. The van der Waals surface area contributed by atoms with Crippen LogP contribution in [0.1, 0.15) is 13.8 Å². The Morgan fingerprint density at radius 3 is 2.47 bits per heavy atom. The van der Waals surface area contributed by atoms with Gasteiger partial charge >= 0.3 is 0 Å². The summed E-state index contributed by atoms with van der Waals surface area (Å²) < 4.78 is 26.5. The van der Waals surface area contributed by atoms with Crippen molar-refractivity contribution in [3.05, 3.63) is 24.3 Å². The number of amides is 1. The highest BCUT2D eigenvalue weighted by Crippen LogP contribution is 2.19. The highest BCUT2D eigenvalue weighted by atomic mass is 32.2. The predicted octanol–water partition coefficient (Wildman–Crippen LogP) is 0.533. The second-order valence-corrected chi connectivity index (χ2v) is 5.54. The van der Waals surface area contributed by atoms with Crippen molar-refractivity contribution in [1.29, 1.82) is 0 Å². The van der Waals surface area contributed by atoms with Gasteiger partial charge in [0.2, 0.25) is 15.9 Å². The van der Waals surface area contributed by atoms with Gasteiger partial charge in [0.25, 0.3) is 0 Å². The number of carbonyl (C=O) groups excluding carboxylic acids is 1. The lowest BCUT2D eigenvalue weighted by atomic mass is 10.3. The summed E-state index contributed by atoms with van der Waals surface area (Å²) in [6.07, 6.45) is 0. The molecule has 106 valence electrons. The van der Waals surface area contributed by atoms with E-state index in [-0.39, 0.29) is 17.3 Å². The first kappa shape index (κ1) is 15.5. The molecule has 0 spiro atoms. The second-order valence-electron chi connectivity index (χ2n) is 3.80. The molecule has 0 aliphatic carbocycles. The third kappa shape index (κ3) is 4.53. The molecule has 0 saturated carbocycles. The predicted molar refractivity (Wildman–Crippen MR) is 74.5 cm³/mol. The van der Waals surface area contributed by atoms with Crippen molar-refractivity contribution in [3.8, 4) is 0 Å². The van der Waals surface area contributed by atoms with Crippen LogP contribution in [0.2, 0.25) is 0 Å². The monoisotopic (exact) mass is 285 g/mol. The largest absolute Gasteiger partial charge is 0.384 e. The number of anilines is 1. The first-order chi connectivity index (χ1) is 9.01. The molecule has 0 aliphatic rings. The lowest BCUT2D eigenvalue weighted by Crippen LogP contribution is -2.36. The first-order valence-corrected chi connectivity index (χ1v) is 7.58. The maximum absolute atomic E-state index is 12.1. The van der Waals surface area contributed by atoms with Crippen molar-refractivity contribution in [2.24, 2.45) is 0 Å². The fourth-order valence-electron chi connectivity index (χ4n) is 1.54. The summed E-state index contributed by atoms with van der Waals surface area (Å²) in [5, 5.41) is 5.50. The summed E-state index contributed by atoms with van der Waals surface area (Å²) in [6.45, 7) is 4.46. The highest BCUT2D eigenvalue weighted by Gasteiger charge is 2.18. The van der Waals surface area contributed by atoms with E-state index >= 15 is 0 Å². The summed E-state index contributed by atoms with van der Waals surface area (Å²) in [7, 11) is -3.70. The van der Waals surface area contributed by atoms with Crippen LogP contribution in [0.15, 0.2) is 29.2 Å². The quantitative estimate of drug-likeness (QED) is 0.682. The number of benzene rings is 1. The van der Waals surface area contributed by atoms with Crippen LogP contribution in [-0.4, -0.2) is 34.0 Å². The Labute approximate surface area is 113 Å². The third-order valence-corrected chi connectivity index (χ3v) is 3.80. The van der Waals surface area contributed by atoms with E-state index in [0.29, 0.717) is 18.8 Å². The Morgan fingerprint density at radius 2 is 1.84 bits per heavy atom. The molecule has 3 N–H and O–H groups in total. The van der Waals surface area contributed by atoms with Gasteiger partial charge in [0.15, 0.2) is 0 Å². The minimum atomic E-state index is -3.70. The second kappa shape index (κ2) is 7.10. The van der Waals surface area contributed by atoms with Crippen molar-refractivity contribution < 1.29 is 13.2 Å². The van der Waals surface area contributed by atoms with Crippen LogP contribution in [0.3, 0.4) is 0 Å². The van der Waals surface area contributed by atoms with Crippen LogP contribution < -0.4 is 15.4 Å². The average Bonchev–Trinajstić information content (AvgIpc) is 2.38. The molecule has 1 aromatic carbocycles. The summed E-state index contributed by atoms with van der Waals surface area (Å²) in [5.74, 6) is -0.355. The van der Waals surface area contributed by atoms with Gasteiger partial charge in [-0.25, -0.2) is 13.1 Å². The summed E-state index contributed by atoms with van der Waals surface area (Å²) >= 11 is 0. The van der Waals surface area contributed by atoms with Crippen LogP contribution in [0, 0.1) is 0 Å². The fourth-order valence-corrected chi connectivity index (χ4v) is 2.70. The number of likely N-dealkylation sites (N-methyl/N-ethyl adjacent to an activating group) is 1. The first-order valence-electron chi connectivity index (χ1n) is 6.10. The van der Waals surface area contributed by atoms with Crippen molar-refractivity contribution in [2.45, 2.75) is 18.7 Å². The zero-order valence-electron chi connectivity index (χ0n) is 11.1. The van der Waals surface area contributed by atoms with E-state index in [9.17, 15) is 13.2 Å². The van der Waals surface area contributed by atoms with Crippen LogP contribution >= 0.6 is 0 Å². The van der Waals surface area contributed by atoms with Gasteiger partial charge in [-0.05, 0) is 26.0 Å². The van der Waals surface area contributed by atoms with Gasteiger partial charge in [-0.15, -0.1) is 0 Å². The Kier molecular flexibility index (Phi) is 5.78. The summed E-state index contributed by atoms with van der Waals surface area (Å²) in [4.78, 5) is 11.4. The minimum absolute atomic E-state index is 0.140. The molecule has 0 bridgehead atoms. The van der Waals surface area contributed by atoms with E-state index in [0.717, 1.165) is 0 Å². The van der Waals surface area contributed by atoms with Crippen molar-refractivity contribution in [1.82, 2.24) is 10.0 Å². The number of hydrogen-bond acceptors (Lipinski definition) is 4. The van der Waals surface area contributed by atoms with E-state index in [4.69, 9.17) is 0 Å². The van der Waals surface area contributed by atoms with Gasteiger partial charge < -0.3 is 10.6 Å². The van der Waals surface area contributed by atoms with Crippen LogP contribution in [-0.2, 0) is 14.8 Å². The molecular formula is C12H19N3O3S. The van der Waals surface area contributed by atoms with Crippen molar-refractivity contribution >= 4 is 21.6 Å². The third-order valence-electron chi connectivity index (χ3n) is 2.34. The number of para-hydroxylation sites is 1. The smallest absolute Gasteiger partial charge is 0.243 e. The Balaban J connectivity index is 2.85. The molecule has 0 atom stereocenters. The number of rotatable bonds is 7. The van der Waals surface area contributed by atoms with Gasteiger partial charge in [0.1, 0.15) is 4.90 Å². The molecule has 0 radical (unpaired) electrons. The van der Waals surface area contributed by atoms with Gasteiger partial charge in [-0.1, -0.05) is 12.1 Å². The molecule has 1 amide bonds.